The number of carbonyl (C=O) groups is 1. The number of nitrogens with one attached hydrogen (secondary N) is 1. The molecule has 4 nitrogen and oxygen atoms in total. The topological polar surface area (TPSA) is 64.4 Å². The zero-order chi connectivity index (χ0) is 13.0. The quantitative estimate of drug-likeness (QED) is 0.901. The van der Waals surface area contributed by atoms with Crippen molar-refractivity contribution in [3.05, 3.63) is 29.3 Å². The monoisotopic (exact) mass is 304 g/mol. The molecule has 1 heterocycles. The van der Waals surface area contributed by atoms with Gasteiger partial charge in [0.05, 0.1) is 16.8 Å². The molecular weight excluding hydrogens is 287 g/mol. The molecule has 19 heavy (non-hydrogen) atoms. The average molecular weight is 305 g/mol. The number of rotatable bonds is 3. The molecule has 0 spiro atoms. The van der Waals surface area contributed by atoms with E-state index in [0.717, 1.165) is 12.8 Å². The van der Waals surface area contributed by atoms with Crippen LogP contribution in [0.25, 0.3) is 0 Å². The molecular formula is C13H18Cl2N2O2. The summed E-state index contributed by atoms with van der Waals surface area (Å²) >= 11 is 5.98. The van der Waals surface area contributed by atoms with Gasteiger partial charge in [0.25, 0.3) is 0 Å². The van der Waals surface area contributed by atoms with E-state index in [1.54, 1.807) is 12.1 Å². The highest BCUT2D eigenvalue weighted by atomic mass is 35.5. The second-order valence-electron chi connectivity index (χ2n) is 4.44. The first-order chi connectivity index (χ1) is 8.68. The summed E-state index contributed by atoms with van der Waals surface area (Å²) in [5.41, 5.74) is 6.58. The summed E-state index contributed by atoms with van der Waals surface area (Å²) in [6.45, 7) is 1.36. The van der Waals surface area contributed by atoms with E-state index in [0.29, 0.717) is 23.9 Å². The smallest absolute Gasteiger partial charge is 0.241 e. The fourth-order valence-corrected chi connectivity index (χ4v) is 2.25. The number of hydrogen-bond donors (Lipinski definition) is 2. The predicted molar refractivity (Wildman–Crippen MR) is 78.8 cm³/mol. The number of amides is 1. The van der Waals surface area contributed by atoms with Crippen molar-refractivity contribution in [1.29, 1.82) is 0 Å². The third-order valence-electron chi connectivity index (χ3n) is 3.21. The lowest BCUT2D eigenvalue weighted by Crippen LogP contribution is -2.44. The van der Waals surface area contributed by atoms with Crippen LogP contribution >= 0.6 is 24.0 Å². The van der Waals surface area contributed by atoms with Crippen molar-refractivity contribution in [3.63, 3.8) is 0 Å². The molecule has 1 aromatic carbocycles. The van der Waals surface area contributed by atoms with Gasteiger partial charge in [0.1, 0.15) is 0 Å². The minimum atomic E-state index is -0.509. The molecule has 1 amide bonds. The lowest BCUT2D eigenvalue weighted by Gasteiger charge is -2.26. The van der Waals surface area contributed by atoms with E-state index < -0.39 is 6.04 Å². The molecule has 1 atom stereocenters. The Bertz CT molecular complexity index is 423. The number of carbonyl (C=O) groups excluding carboxylic acids is 1. The standard InChI is InChI=1S/C13H17ClN2O2.ClH/c14-10-3-1-2-4-11(10)16-13(17)12(15)9-5-7-18-8-6-9;/h1-4,9,12H,5-8,15H2,(H,16,17);1H. The summed E-state index contributed by atoms with van der Waals surface area (Å²) in [5.74, 6) is -0.00348. The van der Waals surface area contributed by atoms with Crippen molar-refractivity contribution < 1.29 is 9.53 Å². The Balaban J connectivity index is 0.00000180. The minimum absolute atomic E-state index is 0. The number of hydrogen-bond acceptors (Lipinski definition) is 3. The molecule has 6 heteroatoms. The van der Waals surface area contributed by atoms with Crippen LogP contribution in [0.5, 0.6) is 0 Å². The van der Waals surface area contributed by atoms with Crippen molar-refractivity contribution in [2.45, 2.75) is 18.9 Å². The summed E-state index contributed by atoms with van der Waals surface area (Å²) in [6, 6.07) is 6.62. The van der Waals surface area contributed by atoms with Gasteiger partial charge in [0.2, 0.25) is 5.91 Å². The molecule has 0 aliphatic carbocycles. The van der Waals surface area contributed by atoms with E-state index in [1.807, 2.05) is 12.1 Å². The number of ether oxygens (including phenoxy) is 1. The summed E-state index contributed by atoms with van der Waals surface area (Å²) in [7, 11) is 0. The fraction of sp³-hybridized carbons (Fsp3) is 0.462. The Morgan fingerprint density at radius 1 is 1.37 bits per heavy atom. The third-order valence-corrected chi connectivity index (χ3v) is 3.54. The van der Waals surface area contributed by atoms with Crippen LogP contribution < -0.4 is 11.1 Å². The zero-order valence-electron chi connectivity index (χ0n) is 10.5. The van der Waals surface area contributed by atoms with Gasteiger partial charge in [0, 0.05) is 13.2 Å². The average Bonchev–Trinajstić information content (AvgIpc) is 2.41. The van der Waals surface area contributed by atoms with Crippen LogP contribution in [-0.2, 0) is 9.53 Å². The van der Waals surface area contributed by atoms with E-state index >= 15 is 0 Å². The van der Waals surface area contributed by atoms with E-state index in [1.165, 1.54) is 0 Å². The van der Waals surface area contributed by atoms with Gasteiger partial charge in [0.15, 0.2) is 0 Å². The number of anilines is 1. The van der Waals surface area contributed by atoms with Crippen molar-refractivity contribution in [2.75, 3.05) is 18.5 Å². The maximum atomic E-state index is 12.0. The fourth-order valence-electron chi connectivity index (χ4n) is 2.07. The van der Waals surface area contributed by atoms with Gasteiger partial charge >= 0.3 is 0 Å². The molecule has 1 fully saturated rings. The molecule has 1 aliphatic heterocycles. The first kappa shape index (κ1) is 16.2. The van der Waals surface area contributed by atoms with Gasteiger partial charge in [-0.3, -0.25) is 4.79 Å². The van der Waals surface area contributed by atoms with E-state index in [-0.39, 0.29) is 24.2 Å². The van der Waals surface area contributed by atoms with E-state index in [4.69, 9.17) is 22.1 Å². The van der Waals surface area contributed by atoms with Crippen molar-refractivity contribution in [3.8, 4) is 0 Å². The highest BCUT2D eigenvalue weighted by Gasteiger charge is 2.26. The summed E-state index contributed by atoms with van der Waals surface area (Å²) in [5, 5.41) is 3.29. The molecule has 1 aliphatic rings. The number of para-hydroxylation sites is 1. The van der Waals surface area contributed by atoms with Gasteiger partial charge in [-0.05, 0) is 30.9 Å². The molecule has 1 saturated heterocycles. The van der Waals surface area contributed by atoms with Crippen LogP contribution in [0.2, 0.25) is 5.02 Å². The molecule has 0 saturated carbocycles. The first-order valence-electron chi connectivity index (χ1n) is 6.07. The molecule has 1 unspecified atom stereocenters. The molecule has 0 bridgehead atoms. The minimum Gasteiger partial charge on any atom is -0.381 e. The van der Waals surface area contributed by atoms with Crippen LogP contribution in [0.3, 0.4) is 0 Å². The summed E-state index contributed by atoms with van der Waals surface area (Å²) in [6.07, 6.45) is 1.66. The summed E-state index contributed by atoms with van der Waals surface area (Å²) in [4.78, 5) is 12.0. The van der Waals surface area contributed by atoms with Crippen LogP contribution in [-0.4, -0.2) is 25.2 Å². The first-order valence-corrected chi connectivity index (χ1v) is 6.45. The Labute approximate surface area is 124 Å². The number of benzene rings is 1. The molecule has 1 aromatic rings. The van der Waals surface area contributed by atoms with Gasteiger partial charge in [-0.1, -0.05) is 23.7 Å². The van der Waals surface area contributed by atoms with Crippen LogP contribution in [0.4, 0.5) is 5.69 Å². The maximum absolute atomic E-state index is 12.0. The second-order valence-corrected chi connectivity index (χ2v) is 4.85. The normalized spacial score (nSPS) is 17.4. The van der Waals surface area contributed by atoms with Crippen LogP contribution in [0.15, 0.2) is 24.3 Å². The number of nitrogens with two attached hydrogens (primary N) is 1. The third kappa shape index (κ3) is 4.35. The number of halogens is 2. The molecule has 2 rings (SSSR count). The van der Waals surface area contributed by atoms with Gasteiger partial charge in [-0.25, -0.2) is 0 Å². The molecule has 0 aromatic heterocycles. The van der Waals surface area contributed by atoms with Crippen molar-refractivity contribution in [1.82, 2.24) is 0 Å². The lowest BCUT2D eigenvalue weighted by molar-refractivity contribution is -0.119. The van der Waals surface area contributed by atoms with Gasteiger partial charge in [-0.15, -0.1) is 12.4 Å². The Morgan fingerprint density at radius 3 is 2.63 bits per heavy atom. The van der Waals surface area contributed by atoms with E-state index in [2.05, 4.69) is 5.32 Å². The Hall–Kier alpha value is -0.810. The molecule has 106 valence electrons. The van der Waals surface area contributed by atoms with Gasteiger partial charge in [-0.2, -0.15) is 0 Å². The Morgan fingerprint density at radius 2 is 2.00 bits per heavy atom. The van der Waals surface area contributed by atoms with Crippen molar-refractivity contribution in [2.24, 2.45) is 11.7 Å². The molecule has 3 N–H and O–H groups in total. The zero-order valence-corrected chi connectivity index (χ0v) is 12.0. The SMILES string of the molecule is Cl.NC(C(=O)Nc1ccccc1Cl)C1CCOCC1. The maximum Gasteiger partial charge on any atom is 0.241 e. The van der Waals surface area contributed by atoms with E-state index in [9.17, 15) is 4.79 Å². The van der Waals surface area contributed by atoms with Crippen LogP contribution in [0, 0.1) is 5.92 Å². The highest BCUT2D eigenvalue weighted by Crippen LogP contribution is 2.22. The largest absolute Gasteiger partial charge is 0.381 e. The lowest BCUT2D eigenvalue weighted by atomic mass is 9.92. The predicted octanol–water partition coefficient (Wildman–Crippen LogP) is 2.45. The Kier molecular flexibility index (Phi) is 6.58. The summed E-state index contributed by atoms with van der Waals surface area (Å²) < 4.78 is 5.26. The second kappa shape index (κ2) is 7.70. The van der Waals surface area contributed by atoms with Gasteiger partial charge < -0.3 is 15.8 Å². The highest BCUT2D eigenvalue weighted by molar-refractivity contribution is 6.33. The molecule has 0 radical (unpaired) electrons. The van der Waals surface area contributed by atoms with Crippen LogP contribution in [0.1, 0.15) is 12.8 Å². The van der Waals surface area contributed by atoms with Crippen molar-refractivity contribution >= 4 is 35.6 Å².